The number of aromatic nitrogens is 4. The Morgan fingerprint density at radius 1 is 1.20 bits per heavy atom. The molecular weight excluding hydrogens is 408 g/mol. The van der Waals surface area contributed by atoms with E-state index in [0.29, 0.717) is 34.4 Å². The van der Waals surface area contributed by atoms with Gasteiger partial charge < -0.3 is 9.14 Å². The van der Waals surface area contributed by atoms with Gasteiger partial charge in [-0.25, -0.2) is 9.78 Å². The minimum atomic E-state index is -0.344. The first kappa shape index (κ1) is 18.8. The number of hydrogen-bond donors (Lipinski definition) is 0. The topological polar surface area (TPSA) is 92.9 Å². The highest BCUT2D eigenvalue weighted by Gasteiger charge is 2.36. The monoisotopic (exact) mass is 426 g/mol. The number of rotatable bonds is 5. The highest BCUT2D eigenvalue weighted by molar-refractivity contribution is 6.29. The average molecular weight is 427 g/mol. The van der Waals surface area contributed by atoms with Crippen molar-refractivity contribution >= 4 is 34.9 Å². The van der Waals surface area contributed by atoms with Gasteiger partial charge in [0.2, 0.25) is 5.91 Å². The Labute approximate surface area is 177 Å². The molecule has 0 aromatic carbocycles. The second-order valence-corrected chi connectivity index (χ2v) is 8.01. The summed E-state index contributed by atoms with van der Waals surface area (Å²) in [7, 11) is 1.49. The molecule has 0 unspecified atom stereocenters. The van der Waals surface area contributed by atoms with Crippen LogP contribution < -0.4 is 9.64 Å². The molecule has 1 aliphatic heterocycles. The number of anilines is 1. The van der Waals surface area contributed by atoms with Gasteiger partial charge in [-0.3, -0.25) is 14.6 Å². The highest BCUT2D eigenvalue weighted by atomic mass is 35.5. The van der Waals surface area contributed by atoms with Crippen molar-refractivity contribution < 1.29 is 14.3 Å². The first-order valence-electron chi connectivity index (χ1n) is 9.63. The van der Waals surface area contributed by atoms with Crippen molar-refractivity contribution in [2.45, 2.75) is 32.3 Å². The van der Waals surface area contributed by atoms with Gasteiger partial charge in [0.25, 0.3) is 0 Å². The molecule has 0 spiro atoms. The van der Waals surface area contributed by atoms with Gasteiger partial charge in [-0.15, -0.1) is 5.10 Å². The van der Waals surface area contributed by atoms with Crippen molar-refractivity contribution in [3.8, 4) is 5.75 Å². The van der Waals surface area contributed by atoms with E-state index in [0.717, 1.165) is 23.3 Å². The van der Waals surface area contributed by atoms with Gasteiger partial charge in [-0.2, -0.15) is 5.10 Å². The lowest BCUT2D eigenvalue weighted by Crippen LogP contribution is -2.30. The molecule has 0 bridgehead atoms. The molecule has 0 N–H and O–H groups in total. The third kappa shape index (κ3) is 3.24. The number of aryl methyl sites for hydroxylation is 1. The molecular formula is C20H19ClN6O3. The molecule has 10 heteroatoms. The zero-order valence-corrected chi connectivity index (χ0v) is 17.3. The molecule has 5 rings (SSSR count). The van der Waals surface area contributed by atoms with Gasteiger partial charge in [0.05, 0.1) is 11.4 Å². The van der Waals surface area contributed by atoms with Crippen LogP contribution >= 0.6 is 11.6 Å². The predicted octanol–water partition coefficient (Wildman–Crippen LogP) is 2.94. The summed E-state index contributed by atoms with van der Waals surface area (Å²) in [5.41, 5.74) is 3.69. The van der Waals surface area contributed by atoms with E-state index in [1.807, 2.05) is 22.9 Å². The molecule has 0 atom stereocenters. The predicted molar refractivity (Wildman–Crippen MR) is 109 cm³/mol. The number of urea groups is 1. The number of nitrogens with zero attached hydrogens (tertiary/aromatic N) is 6. The largest absolute Gasteiger partial charge is 0.485 e. The molecule has 3 aromatic heterocycles. The number of amides is 3. The fourth-order valence-electron chi connectivity index (χ4n) is 3.56. The molecule has 9 nitrogen and oxygen atoms in total. The number of imidazole rings is 1. The quantitative estimate of drug-likeness (QED) is 0.582. The summed E-state index contributed by atoms with van der Waals surface area (Å²) in [5.74, 6) is 0.782. The van der Waals surface area contributed by atoms with Crippen molar-refractivity contribution in [2.75, 3.05) is 18.5 Å². The van der Waals surface area contributed by atoms with E-state index < -0.39 is 0 Å². The smallest absolute Gasteiger partial charge is 0.331 e. The molecule has 2 fully saturated rings. The Bertz CT molecular complexity index is 1190. The highest BCUT2D eigenvalue weighted by Crippen LogP contribution is 2.42. The van der Waals surface area contributed by atoms with Gasteiger partial charge in [0.15, 0.2) is 10.8 Å². The lowest BCUT2D eigenvalue weighted by molar-refractivity contribution is -0.123. The number of fused-ring (bicyclic) bond motifs is 1. The molecule has 30 heavy (non-hydrogen) atoms. The Balaban J connectivity index is 1.51. The maximum absolute atomic E-state index is 12.6. The lowest BCUT2D eigenvalue weighted by atomic mass is 10.1. The fourth-order valence-corrected chi connectivity index (χ4v) is 3.69. The summed E-state index contributed by atoms with van der Waals surface area (Å²) >= 11 is 5.90. The van der Waals surface area contributed by atoms with Crippen LogP contribution in [0.25, 0.3) is 5.65 Å². The maximum atomic E-state index is 12.6. The van der Waals surface area contributed by atoms with E-state index in [4.69, 9.17) is 16.3 Å². The van der Waals surface area contributed by atoms with Gasteiger partial charge >= 0.3 is 6.03 Å². The van der Waals surface area contributed by atoms with Crippen LogP contribution in [0.5, 0.6) is 5.75 Å². The number of hydrogen-bond acceptors (Lipinski definition) is 6. The van der Waals surface area contributed by atoms with Crippen LogP contribution in [-0.4, -0.2) is 50.0 Å². The van der Waals surface area contributed by atoms with E-state index in [1.165, 1.54) is 11.9 Å². The standard InChI is InChI=1S/C20H19ClN6O3/c1-11-16(6-17(21)24-23-11)30-10-14-8-26-7-13(12-3-4-12)5-15(19(26)22-14)27-9-18(28)25(2)20(27)29/h5-8,12H,3-4,9-10H2,1-2H3. The van der Waals surface area contributed by atoms with Crippen molar-refractivity contribution in [1.29, 1.82) is 0 Å². The molecule has 2 aliphatic rings. The molecule has 3 aromatic rings. The number of pyridine rings is 1. The van der Waals surface area contributed by atoms with Crippen LogP contribution in [0.2, 0.25) is 5.15 Å². The first-order valence-corrected chi connectivity index (χ1v) is 10.0. The van der Waals surface area contributed by atoms with E-state index in [9.17, 15) is 9.59 Å². The minimum Gasteiger partial charge on any atom is -0.485 e. The van der Waals surface area contributed by atoms with Crippen molar-refractivity contribution in [2.24, 2.45) is 0 Å². The van der Waals surface area contributed by atoms with Crippen LogP contribution in [0.15, 0.2) is 24.5 Å². The Kier molecular flexibility index (Phi) is 4.35. The van der Waals surface area contributed by atoms with Gasteiger partial charge in [0.1, 0.15) is 24.6 Å². The molecule has 3 amide bonds. The number of carbonyl (C=O) groups is 2. The zero-order valence-electron chi connectivity index (χ0n) is 16.5. The summed E-state index contributed by atoms with van der Waals surface area (Å²) in [6, 6.07) is 3.25. The zero-order chi connectivity index (χ0) is 21.0. The Morgan fingerprint density at radius 3 is 2.70 bits per heavy atom. The number of likely N-dealkylation sites (N-methyl/N-ethyl adjacent to an activating group) is 1. The summed E-state index contributed by atoms with van der Waals surface area (Å²) in [4.78, 5) is 31.9. The van der Waals surface area contributed by atoms with Crippen LogP contribution in [0.4, 0.5) is 10.5 Å². The van der Waals surface area contributed by atoms with Crippen molar-refractivity contribution in [1.82, 2.24) is 24.5 Å². The fraction of sp³-hybridized carbons (Fsp3) is 0.350. The molecule has 1 aliphatic carbocycles. The number of ether oxygens (including phenoxy) is 1. The maximum Gasteiger partial charge on any atom is 0.331 e. The van der Waals surface area contributed by atoms with Crippen LogP contribution in [0, 0.1) is 6.92 Å². The lowest BCUT2D eigenvalue weighted by Gasteiger charge is -2.17. The number of carbonyl (C=O) groups excluding carboxylic acids is 2. The SMILES string of the molecule is Cc1nnc(Cl)cc1OCc1cn2cc(C3CC3)cc(N3CC(=O)N(C)C3=O)c2n1. The summed E-state index contributed by atoms with van der Waals surface area (Å²) in [6.07, 6.45) is 6.16. The summed E-state index contributed by atoms with van der Waals surface area (Å²) < 4.78 is 7.74. The van der Waals surface area contributed by atoms with Gasteiger partial charge in [-0.1, -0.05) is 11.6 Å². The van der Waals surface area contributed by atoms with Crippen LogP contribution in [0.1, 0.15) is 35.7 Å². The minimum absolute atomic E-state index is 0.0121. The number of imide groups is 1. The Hall–Kier alpha value is -3.20. The molecule has 1 saturated carbocycles. The number of halogens is 1. The summed E-state index contributed by atoms with van der Waals surface area (Å²) in [5, 5.41) is 7.98. The Morgan fingerprint density at radius 2 is 2.00 bits per heavy atom. The normalized spacial score (nSPS) is 16.8. The van der Waals surface area contributed by atoms with Crippen molar-refractivity contribution in [3.05, 3.63) is 46.6 Å². The van der Waals surface area contributed by atoms with E-state index >= 15 is 0 Å². The molecule has 1 saturated heterocycles. The van der Waals surface area contributed by atoms with Crippen LogP contribution in [0.3, 0.4) is 0 Å². The molecule has 4 heterocycles. The first-order chi connectivity index (χ1) is 14.4. The second-order valence-electron chi connectivity index (χ2n) is 7.62. The summed E-state index contributed by atoms with van der Waals surface area (Å²) in [6.45, 7) is 2.00. The van der Waals surface area contributed by atoms with E-state index in [1.54, 1.807) is 13.0 Å². The average Bonchev–Trinajstić information content (AvgIpc) is 3.45. The molecule has 154 valence electrons. The third-order valence-electron chi connectivity index (χ3n) is 5.41. The van der Waals surface area contributed by atoms with E-state index in [-0.39, 0.29) is 30.2 Å². The van der Waals surface area contributed by atoms with Crippen LogP contribution in [-0.2, 0) is 11.4 Å². The van der Waals surface area contributed by atoms with Gasteiger partial charge in [0, 0.05) is 25.5 Å². The van der Waals surface area contributed by atoms with Crippen molar-refractivity contribution in [3.63, 3.8) is 0 Å². The second kappa shape index (κ2) is 6.94. The van der Waals surface area contributed by atoms with E-state index in [2.05, 4.69) is 15.2 Å². The molecule has 0 radical (unpaired) electrons. The van der Waals surface area contributed by atoms with Gasteiger partial charge in [-0.05, 0) is 37.3 Å². The third-order valence-corrected chi connectivity index (χ3v) is 5.59.